The van der Waals surface area contributed by atoms with Crippen LogP contribution in [-0.4, -0.2) is 23.4 Å². The smallest absolute Gasteiger partial charge is 0.265 e. The van der Waals surface area contributed by atoms with E-state index in [0.29, 0.717) is 5.56 Å². The lowest BCUT2D eigenvalue weighted by Gasteiger charge is -2.23. The number of nitrogens with two attached hydrogens (primary N) is 1. The number of nitrogens with zero attached hydrogens (tertiary/aromatic N) is 1. The van der Waals surface area contributed by atoms with E-state index in [9.17, 15) is 4.79 Å². The Morgan fingerprint density at radius 2 is 2.19 bits per heavy atom. The summed E-state index contributed by atoms with van der Waals surface area (Å²) >= 11 is 3.58. The van der Waals surface area contributed by atoms with Gasteiger partial charge in [0.25, 0.3) is 5.91 Å². The fraction of sp³-hybridized carbons (Fsp3) is 0.562. The van der Waals surface area contributed by atoms with Gasteiger partial charge in [-0.05, 0) is 49.4 Å². The average Bonchev–Trinajstić information content (AvgIpc) is 3.28. The molecule has 0 heterocycles. The highest BCUT2D eigenvalue weighted by Crippen LogP contribution is 2.30. The van der Waals surface area contributed by atoms with Crippen LogP contribution in [0.1, 0.15) is 49.0 Å². The number of amides is 1. The molecule has 0 unspecified atom stereocenters. The van der Waals surface area contributed by atoms with E-state index < -0.39 is 0 Å². The highest BCUT2D eigenvalue weighted by Gasteiger charge is 2.29. The molecule has 21 heavy (non-hydrogen) atoms. The van der Waals surface area contributed by atoms with Gasteiger partial charge in [-0.3, -0.25) is 15.1 Å². The Balaban J connectivity index is 2.04. The van der Waals surface area contributed by atoms with Crippen LogP contribution in [0.5, 0.6) is 0 Å². The molecule has 3 N–H and O–H groups in total. The minimum absolute atomic E-state index is 0.263. The summed E-state index contributed by atoms with van der Waals surface area (Å²) in [4.78, 5) is 14.1. The van der Waals surface area contributed by atoms with Crippen LogP contribution >= 0.6 is 15.9 Å². The first-order chi connectivity index (χ1) is 10.0. The van der Waals surface area contributed by atoms with Crippen molar-refractivity contribution in [3.63, 3.8) is 0 Å². The molecule has 1 fully saturated rings. The molecule has 4 nitrogen and oxygen atoms in total. The summed E-state index contributed by atoms with van der Waals surface area (Å²) in [7, 11) is 0. The van der Waals surface area contributed by atoms with Crippen molar-refractivity contribution in [2.45, 2.75) is 45.7 Å². The summed E-state index contributed by atoms with van der Waals surface area (Å²) in [5.74, 6) is 5.63. The number of rotatable bonds is 7. The maximum Gasteiger partial charge on any atom is 0.265 e. The standard InChI is InChI=1S/C16H24BrN3O/c1-11(2)7-8-20(14-5-6-14)10-13-4-3-12(9-15(13)17)16(21)19-18/h3-4,9,11,14H,5-8,10,18H2,1-2H3,(H,19,21). The Hall–Kier alpha value is -0.910. The molecular formula is C16H24BrN3O. The number of halogens is 1. The lowest BCUT2D eigenvalue weighted by molar-refractivity contribution is 0.0953. The molecule has 5 heteroatoms. The van der Waals surface area contributed by atoms with Gasteiger partial charge in [-0.15, -0.1) is 0 Å². The van der Waals surface area contributed by atoms with E-state index in [1.165, 1.54) is 24.8 Å². The SMILES string of the molecule is CC(C)CCN(Cc1ccc(C(=O)NN)cc1Br)C1CC1. The van der Waals surface area contributed by atoms with Crippen LogP contribution in [0, 0.1) is 5.92 Å². The summed E-state index contributed by atoms with van der Waals surface area (Å²) in [5.41, 5.74) is 3.96. The fourth-order valence-electron chi connectivity index (χ4n) is 2.37. The van der Waals surface area contributed by atoms with Crippen molar-refractivity contribution in [1.29, 1.82) is 0 Å². The second-order valence-corrected chi connectivity index (χ2v) is 7.02. The highest BCUT2D eigenvalue weighted by molar-refractivity contribution is 9.10. The predicted octanol–water partition coefficient (Wildman–Crippen LogP) is 3.06. The summed E-state index contributed by atoms with van der Waals surface area (Å²) in [6.07, 6.45) is 3.84. The average molecular weight is 354 g/mol. The number of nitrogens with one attached hydrogen (secondary N) is 1. The largest absolute Gasteiger partial charge is 0.296 e. The van der Waals surface area contributed by atoms with Crippen molar-refractivity contribution in [2.75, 3.05) is 6.54 Å². The van der Waals surface area contributed by atoms with Gasteiger partial charge in [0.05, 0.1) is 0 Å². The Bertz CT molecular complexity index is 500. The zero-order valence-electron chi connectivity index (χ0n) is 12.7. The first-order valence-electron chi connectivity index (χ1n) is 7.54. The molecule has 0 radical (unpaired) electrons. The molecule has 1 aliphatic carbocycles. The van der Waals surface area contributed by atoms with Crippen LogP contribution in [-0.2, 0) is 6.54 Å². The van der Waals surface area contributed by atoms with E-state index in [1.807, 2.05) is 18.2 Å². The first-order valence-corrected chi connectivity index (χ1v) is 8.34. The Morgan fingerprint density at radius 3 is 2.71 bits per heavy atom. The first kappa shape index (κ1) is 16.5. The van der Waals surface area contributed by atoms with Crippen molar-refractivity contribution in [3.05, 3.63) is 33.8 Å². The Labute approximate surface area is 135 Å². The quantitative estimate of drug-likeness (QED) is 0.450. The Kier molecular flexibility index (Phi) is 5.79. The number of hydrogen-bond donors (Lipinski definition) is 2. The normalized spacial score (nSPS) is 14.8. The van der Waals surface area contributed by atoms with Crippen molar-refractivity contribution in [2.24, 2.45) is 11.8 Å². The fourth-order valence-corrected chi connectivity index (χ4v) is 2.88. The van der Waals surface area contributed by atoms with Gasteiger partial charge in [-0.1, -0.05) is 35.8 Å². The number of hydrazine groups is 1. The van der Waals surface area contributed by atoms with Crippen LogP contribution in [0.4, 0.5) is 0 Å². The Morgan fingerprint density at radius 1 is 1.48 bits per heavy atom. The lowest BCUT2D eigenvalue weighted by Crippen LogP contribution is -2.30. The molecule has 0 spiro atoms. The molecule has 0 atom stereocenters. The highest BCUT2D eigenvalue weighted by atomic mass is 79.9. The van der Waals surface area contributed by atoms with Crippen molar-refractivity contribution in [3.8, 4) is 0 Å². The third kappa shape index (κ3) is 4.80. The van der Waals surface area contributed by atoms with Gasteiger partial charge < -0.3 is 0 Å². The van der Waals surface area contributed by atoms with Crippen molar-refractivity contribution in [1.82, 2.24) is 10.3 Å². The predicted molar refractivity (Wildman–Crippen MR) is 88.7 cm³/mol. The van der Waals surface area contributed by atoms with Gasteiger partial charge in [0, 0.05) is 22.6 Å². The van der Waals surface area contributed by atoms with Gasteiger partial charge in [0.15, 0.2) is 0 Å². The minimum atomic E-state index is -0.263. The zero-order chi connectivity index (χ0) is 15.4. The molecule has 0 aliphatic heterocycles. The molecule has 0 bridgehead atoms. The number of hydrogen-bond acceptors (Lipinski definition) is 3. The second-order valence-electron chi connectivity index (χ2n) is 6.16. The van der Waals surface area contributed by atoms with E-state index in [2.05, 4.69) is 40.1 Å². The monoisotopic (exact) mass is 353 g/mol. The number of carbonyl (C=O) groups is 1. The molecule has 1 aliphatic rings. The molecular weight excluding hydrogens is 330 g/mol. The van der Waals surface area contributed by atoms with Gasteiger partial charge >= 0.3 is 0 Å². The van der Waals surface area contributed by atoms with Gasteiger partial charge in [0.1, 0.15) is 0 Å². The van der Waals surface area contributed by atoms with Gasteiger partial charge in [-0.2, -0.15) is 0 Å². The van der Waals surface area contributed by atoms with Crippen LogP contribution in [0.25, 0.3) is 0 Å². The number of nitrogen functional groups attached to an aromatic ring is 1. The molecule has 1 aromatic carbocycles. The number of carbonyl (C=O) groups excluding carboxylic acids is 1. The molecule has 1 saturated carbocycles. The van der Waals surface area contributed by atoms with Crippen LogP contribution in [0.2, 0.25) is 0 Å². The van der Waals surface area contributed by atoms with Gasteiger partial charge in [-0.25, -0.2) is 5.84 Å². The minimum Gasteiger partial charge on any atom is -0.296 e. The topological polar surface area (TPSA) is 58.4 Å². The summed E-state index contributed by atoms with van der Waals surface area (Å²) in [6.45, 7) is 6.60. The summed E-state index contributed by atoms with van der Waals surface area (Å²) in [5, 5.41) is 0. The second kappa shape index (κ2) is 7.38. The molecule has 0 saturated heterocycles. The zero-order valence-corrected chi connectivity index (χ0v) is 14.3. The maximum atomic E-state index is 11.5. The van der Waals surface area contributed by atoms with Gasteiger partial charge in [0.2, 0.25) is 0 Å². The number of benzene rings is 1. The van der Waals surface area contributed by atoms with E-state index in [1.54, 1.807) is 0 Å². The van der Waals surface area contributed by atoms with Crippen molar-refractivity contribution >= 4 is 21.8 Å². The summed E-state index contributed by atoms with van der Waals surface area (Å²) < 4.78 is 0.971. The van der Waals surface area contributed by atoms with Crippen molar-refractivity contribution < 1.29 is 4.79 Å². The molecule has 1 amide bonds. The van der Waals surface area contributed by atoms with E-state index in [0.717, 1.165) is 29.5 Å². The third-order valence-corrected chi connectivity index (χ3v) is 4.61. The summed E-state index contributed by atoms with van der Waals surface area (Å²) in [6, 6.07) is 6.42. The molecule has 116 valence electrons. The van der Waals surface area contributed by atoms with E-state index in [-0.39, 0.29) is 5.91 Å². The van der Waals surface area contributed by atoms with Crippen LogP contribution in [0.15, 0.2) is 22.7 Å². The molecule has 1 aromatic rings. The lowest BCUT2D eigenvalue weighted by atomic mass is 10.1. The maximum absolute atomic E-state index is 11.5. The van der Waals surface area contributed by atoms with Crippen LogP contribution < -0.4 is 11.3 Å². The van der Waals surface area contributed by atoms with E-state index >= 15 is 0 Å². The third-order valence-electron chi connectivity index (χ3n) is 3.88. The molecule has 2 rings (SSSR count). The van der Waals surface area contributed by atoms with E-state index in [4.69, 9.17) is 5.84 Å². The molecule has 0 aromatic heterocycles. The van der Waals surface area contributed by atoms with Crippen LogP contribution in [0.3, 0.4) is 0 Å².